The first-order valence-electron chi connectivity index (χ1n) is 8.26. The van der Waals surface area contributed by atoms with Gasteiger partial charge in [0.15, 0.2) is 5.11 Å². The third-order valence-electron chi connectivity index (χ3n) is 3.61. The number of ether oxygens (including phenoxy) is 1. The number of nitrogens with one attached hydrogen (secondary N) is 2. The molecule has 1 heterocycles. The summed E-state index contributed by atoms with van der Waals surface area (Å²) >= 11 is 10.3. The van der Waals surface area contributed by atoms with E-state index < -0.39 is 0 Å². The highest BCUT2D eigenvalue weighted by atomic mass is 79.9. The van der Waals surface area contributed by atoms with E-state index in [1.54, 1.807) is 6.92 Å². The van der Waals surface area contributed by atoms with Gasteiger partial charge in [0.25, 0.3) is 0 Å². The largest absolute Gasteiger partial charge is 0.462 e. The third kappa shape index (κ3) is 5.15. The van der Waals surface area contributed by atoms with Crippen LogP contribution in [0.4, 0.5) is 10.7 Å². The van der Waals surface area contributed by atoms with E-state index in [-0.39, 0.29) is 5.97 Å². The molecule has 0 aliphatic carbocycles. The minimum Gasteiger partial charge on any atom is -0.462 e. The number of rotatable bonds is 5. The van der Waals surface area contributed by atoms with E-state index in [1.165, 1.54) is 11.3 Å². The Bertz CT molecular complexity index is 940. The smallest absolute Gasteiger partial charge is 0.341 e. The van der Waals surface area contributed by atoms with Crippen molar-refractivity contribution in [2.45, 2.75) is 6.92 Å². The molecule has 0 amide bonds. The van der Waals surface area contributed by atoms with Crippen LogP contribution in [-0.4, -0.2) is 17.7 Å². The Kier molecular flexibility index (Phi) is 6.60. The summed E-state index contributed by atoms with van der Waals surface area (Å²) < 4.78 is 6.18. The van der Waals surface area contributed by atoms with Gasteiger partial charge in [0.05, 0.1) is 12.2 Å². The molecule has 27 heavy (non-hydrogen) atoms. The zero-order valence-electron chi connectivity index (χ0n) is 14.5. The first kappa shape index (κ1) is 19.5. The molecule has 3 aromatic rings. The van der Waals surface area contributed by atoms with E-state index >= 15 is 0 Å². The summed E-state index contributed by atoms with van der Waals surface area (Å²) in [5.41, 5.74) is 2.36. The summed E-state index contributed by atoms with van der Waals surface area (Å²) in [5, 5.41) is 7.31. The van der Waals surface area contributed by atoms with Crippen LogP contribution < -0.4 is 10.6 Å². The molecular formula is C20H17BrN2O2S2. The lowest BCUT2D eigenvalue weighted by Crippen LogP contribution is -2.20. The predicted molar refractivity (Wildman–Crippen MR) is 120 cm³/mol. The maximum Gasteiger partial charge on any atom is 0.341 e. The highest BCUT2D eigenvalue weighted by molar-refractivity contribution is 9.10. The second-order valence-electron chi connectivity index (χ2n) is 5.53. The number of halogens is 1. The molecule has 0 unspecified atom stereocenters. The van der Waals surface area contributed by atoms with Gasteiger partial charge in [0.1, 0.15) is 5.00 Å². The summed E-state index contributed by atoms with van der Waals surface area (Å²) in [6.07, 6.45) is 0. The van der Waals surface area contributed by atoms with Gasteiger partial charge in [-0.25, -0.2) is 4.79 Å². The maximum atomic E-state index is 12.4. The standard InChI is InChI=1S/C20H17BrN2O2S2/c1-2-25-19(24)16-12-17(13-6-4-3-5-7-13)27-18(16)23-20(26)22-15-10-8-14(21)9-11-15/h3-12H,2H2,1H3,(H2,22,23,26). The Balaban J connectivity index is 1.83. The number of hydrogen-bond donors (Lipinski definition) is 2. The molecule has 2 N–H and O–H groups in total. The van der Waals surface area contributed by atoms with E-state index in [2.05, 4.69) is 26.6 Å². The lowest BCUT2D eigenvalue weighted by atomic mass is 10.1. The Morgan fingerprint density at radius 3 is 2.48 bits per heavy atom. The summed E-state index contributed by atoms with van der Waals surface area (Å²) in [6, 6.07) is 19.4. The zero-order valence-corrected chi connectivity index (χ0v) is 17.7. The number of hydrogen-bond acceptors (Lipinski definition) is 4. The van der Waals surface area contributed by atoms with Gasteiger partial charge in [-0.05, 0) is 55.0 Å². The van der Waals surface area contributed by atoms with Gasteiger partial charge in [-0.2, -0.15) is 0 Å². The molecule has 0 aliphatic heterocycles. The SMILES string of the molecule is CCOC(=O)c1cc(-c2ccccc2)sc1NC(=S)Nc1ccc(Br)cc1. The fraction of sp³-hybridized carbons (Fsp3) is 0.100. The minimum absolute atomic E-state index is 0.316. The highest BCUT2D eigenvalue weighted by Crippen LogP contribution is 2.36. The topological polar surface area (TPSA) is 50.4 Å². The Morgan fingerprint density at radius 1 is 1.11 bits per heavy atom. The zero-order chi connectivity index (χ0) is 19.2. The van der Waals surface area contributed by atoms with Crippen molar-refractivity contribution in [2.24, 2.45) is 0 Å². The average Bonchev–Trinajstić information content (AvgIpc) is 3.08. The second-order valence-corrected chi connectivity index (χ2v) is 7.90. The lowest BCUT2D eigenvalue weighted by molar-refractivity contribution is 0.0528. The number of thiophene rings is 1. The molecular weight excluding hydrogens is 444 g/mol. The summed E-state index contributed by atoms with van der Waals surface area (Å²) in [4.78, 5) is 13.3. The Morgan fingerprint density at radius 2 is 1.81 bits per heavy atom. The number of benzene rings is 2. The second kappa shape index (κ2) is 9.12. The van der Waals surface area contributed by atoms with E-state index in [1.807, 2.05) is 60.7 Å². The molecule has 0 radical (unpaired) electrons. The fourth-order valence-electron chi connectivity index (χ4n) is 2.39. The van der Waals surface area contributed by atoms with Gasteiger partial charge in [0, 0.05) is 15.0 Å². The molecule has 0 spiro atoms. The van der Waals surface area contributed by atoms with Gasteiger partial charge in [-0.3, -0.25) is 0 Å². The van der Waals surface area contributed by atoms with Crippen molar-refractivity contribution in [1.82, 2.24) is 0 Å². The van der Waals surface area contributed by atoms with Crippen LogP contribution >= 0.6 is 39.5 Å². The monoisotopic (exact) mass is 460 g/mol. The predicted octanol–water partition coefficient (Wildman–Crippen LogP) is 6.16. The van der Waals surface area contributed by atoms with Crippen LogP contribution in [-0.2, 0) is 4.74 Å². The number of esters is 1. The average molecular weight is 461 g/mol. The normalized spacial score (nSPS) is 10.3. The van der Waals surface area contributed by atoms with Crippen molar-refractivity contribution in [3.63, 3.8) is 0 Å². The molecule has 0 bridgehead atoms. The van der Waals surface area contributed by atoms with Crippen LogP contribution in [0, 0.1) is 0 Å². The first-order valence-corrected chi connectivity index (χ1v) is 10.3. The van der Waals surface area contributed by atoms with Crippen molar-refractivity contribution in [3.05, 3.63) is 70.7 Å². The van der Waals surface area contributed by atoms with Crippen LogP contribution in [0.2, 0.25) is 0 Å². The maximum absolute atomic E-state index is 12.4. The van der Waals surface area contributed by atoms with E-state index in [0.717, 1.165) is 20.6 Å². The van der Waals surface area contributed by atoms with Crippen molar-refractivity contribution in [2.75, 3.05) is 17.2 Å². The van der Waals surface area contributed by atoms with Gasteiger partial charge in [-0.15, -0.1) is 11.3 Å². The molecule has 138 valence electrons. The molecule has 2 aromatic carbocycles. The first-order chi connectivity index (χ1) is 13.1. The van der Waals surface area contributed by atoms with Crippen LogP contribution in [0.5, 0.6) is 0 Å². The van der Waals surface area contributed by atoms with Crippen molar-refractivity contribution in [3.8, 4) is 10.4 Å². The number of anilines is 2. The Hall–Kier alpha value is -2.22. The summed E-state index contributed by atoms with van der Waals surface area (Å²) in [5.74, 6) is -0.370. The fourth-order valence-corrected chi connectivity index (χ4v) is 3.99. The van der Waals surface area contributed by atoms with Gasteiger partial charge < -0.3 is 15.4 Å². The molecule has 0 atom stereocenters. The van der Waals surface area contributed by atoms with E-state index in [4.69, 9.17) is 17.0 Å². The molecule has 0 saturated heterocycles. The van der Waals surface area contributed by atoms with Gasteiger partial charge in [-0.1, -0.05) is 46.3 Å². The third-order valence-corrected chi connectivity index (χ3v) is 5.45. The minimum atomic E-state index is -0.370. The van der Waals surface area contributed by atoms with Gasteiger partial charge in [0.2, 0.25) is 0 Å². The van der Waals surface area contributed by atoms with Crippen LogP contribution in [0.25, 0.3) is 10.4 Å². The van der Waals surface area contributed by atoms with Crippen molar-refractivity contribution >= 4 is 61.3 Å². The lowest BCUT2D eigenvalue weighted by Gasteiger charge is -2.10. The molecule has 0 saturated carbocycles. The molecule has 7 heteroatoms. The van der Waals surface area contributed by atoms with Crippen LogP contribution in [0.3, 0.4) is 0 Å². The molecule has 4 nitrogen and oxygen atoms in total. The van der Waals surface area contributed by atoms with Crippen molar-refractivity contribution in [1.29, 1.82) is 0 Å². The molecule has 1 aromatic heterocycles. The van der Waals surface area contributed by atoms with E-state index in [9.17, 15) is 4.79 Å². The van der Waals surface area contributed by atoms with Gasteiger partial charge >= 0.3 is 5.97 Å². The quantitative estimate of drug-likeness (QED) is 0.352. The highest BCUT2D eigenvalue weighted by Gasteiger charge is 2.19. The summed E-state index contributed by atoms with van der Waals surface area (Å²) in [6.45, 7) is 2.10. The number of carbonyl (C=O) groups excluding carboxylic acids is 1. The number of carbonyl (C=O) groups is 1. The molecule has 3 rings (SSSR count). The molecule has 0 fully saturated rings. The van der Waals surface area contributed by atoms with Crippen LogP contribution in [0.15, 0.2) is 65.1 Å². The Labute approximate surface area is 175 Å². The number of thiocarbonyl (C=S) groups is 1. The van der Waals surface area contributed by atoms with Crippen molar-refractivity contribution < 1.29 is 9.53 Å². The summed E-state index contributed by atoms with van der Waals surface area (Å²) in [7, 11) is 0. The molecule has 0 aliphatic rings. The van der Waals surface area contributed by atoms with E-state index in [0.29, 0.717) is 22.3 Å². The van der Waals surface area contributed by atoms with Crippen LogP contribution in [0.1, 0.15) is 17.3 Å².